The van der Waals surface area contributed by atoms with Gasteiger partial charge in [0.2, 0.25) is 5.16 Å². The second-order valence-corrected chi connectivity index (χ2v) is 5.30. The molecule has 1 aromatic heterocycles. The molecular formula is C15H15N3O3S. The van der Waals surface area contributed by atoms with Gasteiger partial charge in [0.25, 0.3) is 0 Å². The largest absolute Gasteiger partial charge is 0.490 e. The van der Waals surface area contributed by atoms with Gasteiger partial charge in [-0.1, -0.05) is 24.8 Å². The Labute approximate surface area is 131 Å². The number of aromatic amines is 1. The quantitative estimate of drug-likeness (QED) is 0.464. The van der Waals surface area contributed by atoms with Gasteiger partial charge in [0.05, 0.1) is 0 Å². The molecule has 2 aromatic rings. The minimum absolute atomic E-state index is 0.138. The zero-order valence-corrected chi connectivity index (χ0v) is 12.8. The Kier molecular flexibility index (Phi) is 5.37. The number of benzene rings is 1. The van der Waals surface area contributed by atoms with Crippen molar-refractivity contribution >= 4 is 23.8 Å². The average Bonchev–Trinajstić information content (AvgIpc) is 2.91. The molecule has 2 rings (SSSR count). The van der Waals surface area contributed by atoms with Crippen LogP contribution in [0.1, 0.15) is 11.4 Å². The van der Waals surface area contributed by atoms with Crippen LogP contribution in [0.15, 0.2) is 47.0 Å². The van der Waals surface area contributed by atoms with Crippen LogP contribution in [0.5, 0.6) is 5.75 Å². The number of aromatic nitrogens is 3. The van der Waals surface area contributed by atoms with Crippen molar-refractivity contribution in [1.29, 1.82) is 0 Å². The van der Waals surface area contributed by atoms with Crippen molar-refractivity contribution in [3.63, 3.8) is 0 Å². The Balaban J connectivity index is 2.15. The number of carboxylic acids is 1. The van der Waals surface area contributed by atoms with E-state index in [2.05, 4.69) is 21.8 Å². The van der Waals surface area contributed by atoms with E-state index in [0.717, 1.165) is 17.3 Å². The third-order valence-corrected chi connectivity index (χ3v) is 3.41. The lowest BCUT2D eigenvalue weighted by atomic mass is 10.2. The molecule has 0 aliphatic rings. The topological polar surface area (TPSA) is 88.1 Å². The van der Waals surface area contributed by atoms with Gasteiger partial charge < -0.3 is 9.84 Å². The fourth-order valence-corrected chi connectivity index (χ4v) is 2.32. The Bertz CT molecular complexity index is 692. The highest BCUT2D eigenvalue weighted by Crippen LogP contribution is 2.26. The Morgan fingerprint density at radius 2 is 2.18 bits per heavy atom. The summed E-state index contributed by atoms with van der Waals surface area (Å²) < 4.78 is 5.38. The normalized spacial score (nSPS) is 11.2. The minimum Gasteiger partial charge on any atom is -0.490 e. The summed E-state index contributed by atoms with van der Waals surface area (Å²) in [6.07, 6.45) is 3.22. The fraction of sp³-hybridized carbons (Fsp3) is 0.133. The van der Waals surface area contributed by atoms with Crippen LogP contribution in [0.4, 0.5) is 0 Å². The molecule has 0 spiro atoms. The third kappa shape index (κ3) is 4.49. The number of carbonyl (C=O) groups is 1. The van der Waals surface area contributed by atoms with Crippen LogP contribution in [0.25, 0.3) is 6.08 Å². The van der Waals surface area contributed by atoms with E-state index >= 15 is 0 Å². The molecule has 2 N–H and O–H groups in total. The molecule has 7 heteroatoms. The predicted octanol–water partition coefficient (Wildman–Crippen LogP) is 2.90. The first-order valence-electron chi connectivity index (χ1n) is 6.44. The zero-order chi connectivity index (χ0) is 15.9. The van der Waals surface area contributed by atoms with Crippen molar-refractivity contribution in [2.75, 3.05) is 6.61 Å². The first kappa shape index (κ1) is 15.8. The van der Waals surface area contributed by atoms with Gasteiger partial charge in [0.15, 0.2) is 0 Å². The molecule has 114 valence electrons. The molecule has 1 aromatic carbocycles. The van der Waals surface area contributed by atoms with Gasteiger partial charge in [-0.05, 0) is 42.5 Å². The van der Waals surface area contributed by atoms with Crippen molar-refractivity contribution in [2.45, 2.75) is 12.1 Å². The molecule has 0 radical (unpaired) electrons. The van der Waals surface area contributed by atoms with E-state index < -0.39 is 5.97 Å². The standard InChI is InChI=1S/C15H15N3O3S/c1-3-8-21-12-6-4-11(5-7-12)9-13(14(19)20)22-15-16-10(2)17-18-15/h3-7,9H,1,8H2,2H3,(H,19,20)(H,16,17,18)/b13-9-. The zero-order valence-electron chi connectivity index (χ0n) is 11.9. The van der Waals surface area contributed by atoms with Gasteiger partial charge in [0.1, 0.15) is 23.1 Å². The lowest BCUT2D eigenvalue weighted by molar-refractivity contribution is -0.131. The van der Waals surface area contributed by atoms with Crippen molar-refractivity contribution in [1.82, 2.24) is 15.2 Å². The Hall–Kier alpha value is -2.54. The third-order valence-electron chi connectivity index (χ3n) is 2.53. The second-order valence-electron chi connectivity index (χ2n) is 4.29. The number of hydrogen-bond donors (Lipinski definition) is 2. The van der Waals surface area contributed by atoms with Crippen LogP contribution < -0.4 is 4.74 Å². The minimum atomic E-state index is -1.03. The lowest BCUT2D eigenvalue weighted by Gasteiger charge is -2.03. The number of aryl methyl sites for hydroxylation is 1. The molecular weight excluding hydrogens is 302 g/mol. The first-order chi connectivity index (χ1) is 10.6. The van der Waals surface area contributed by atoms with E-state index in [0.29, 0.717) is 23.3 Å². The number of nitrogens with zero attached hydrogens (tertiary/aromatic N) is 2. The summed E-state index contributed by atoms with van der Waals surface area (Å²) in [5.74, 6) is 0.307. The maximum absolute atomic E-state index is 11.3. The summed E-state index contributed by atoms with van der Waals surface area (Å²) >= 11 is 0.994. The van der Waals surface area contributed by atoms with Gasteiger partial charge >= 0.3 is 5.97 Å². The smallest absolute Gasteiger partial charge is 0.342 e. The number of nitrogens with one attached hydrogen (secondary N) is 1. The molecule has 0 atom stereocenters. The summed E-state index contributed by atoms with van der Waals surface area (Å²) in [6, 6.07) is 7.11. The highest BCUT2D eigenvalue weighted by molar-refractivity contribution is 8.04. The molecule has 0 amide bonds. The maximum Gasteiger partial charge on any atom is 0.342 e. The Morgan fingerprint density at radius 3 is 2.73 bits per heavy atom. The van der Waals surface area contributed by atoms with Crippen molar-refractivity contribution in [2.24, 2.45) is 0 Å². The van der Waals surface area contributed by atoms with Gasteiger partial charge in [-0.15, -0.1) is 5.10 Å². The SMILES string of the molecule is C=CCOc1ccc(/C=C(\Sc2n[nH]c(C)n2)C(=O)O)cc1. The number of aliphatic carboxylic acids is 1. The van der Waals surface area contributed by atoms with Gasteiger partial charge in [-0.2, -0.15) is 0 Å². The van der Waals surface area contributed by atoms with Crippen LogP contribution in [0, 0.1) is 6.92 Å². The van der Waals surface area contributed by atoms with Crippen LogP contribution in [0.2, 0.25) is 0 Å². The molecule has 0 bridgehead atoms. The lowest BCUT2D eigenvalue weighted by Crippen LogP contribution is -1.97. The molecule has 22 heavy (non-hydrogen) atoms. The van der Waals surface area contributed by atoms with Crippen molar-refractivity contribution in [3.8, 4) is 5.75 Å². The molecule has 0 aliphatic heterocycles. The summed E-state index contributed by atoms with van der Waals surface area (Å²) in [5.41, 5.74) is 0.753. The van der Waals surface area contributed by atoms with Gasteiger partial charge in [-0.25, -0.2) is 9.78 Å². The summed E-state index contributed by atoms with van der Waals surface area (Å²) in [6.45, 7) is 5.76. The average molecular weight is 317 g/mol. The first-order valence-corrected chi connectivity index (χ1v) is 7.25. The van der Waals surface area contributed by atoms with Crippen LogP contribution >= 0.6 is 11.8 Å². The molecule has 0 fully saturated rings. The molecule has 0 saturated carbocycles. The number of thioether (sulfide) groups is 1. The van der Waals surface area contributed by atoms with E-state index in [1.165, 1.54) is 0 Å². The highest BCUT2D eigenvalue weighted by atomic mass is 32.2. The van der Waals surface area contributed by atoms with E-state index in [-0.39, 0.29) is 4.91 Å². The van der Waals surface area contributed by atoms with Crippen LogP contribution in [-0.2, 0) is 4.79 Å². The molecule has 0 aliphatic carbocycles. The second kappa shape index (κ2) is 7.46. The fourth-order valence-electron chi connectivity index (χ4n) is 1.57. The van der Waals surface area contributed by atoms with E-state index in [9.17, 15) is 9.90 Å². The number of rotatable bonds is 7. The van der Waals surface area contributed by atoms with E-state index in [4.69, 9.17) is 4.74 Å². The maximum atomic E-state index is 11.3. The van der Waals surface area contributed by atoms with E-state index in [1.807, 2.05) is 0 Å². The monoisotopic (exact) mass is 317 g/mol. The molecule has 0 unspecified atom stereocenters. The Morgan fingerprint density at radius 1 is 1.45 bits per heavy atom. The number of hydrogen-bond acceptors (Lipinski definition) is 5. The van der Waals surface area contributed by atoms with E-state index in [1.54, 1.807) is 43.3 Å². The van der Waals surface area contributed by atoms with Gasteiger partial charge in [0, 0.05) is 0 Å². The molecule has 0 saturated heterocycles. The summed E-state index contributed by atoms with van der Waals surface area (Å²) in [7, 11) is 0. The van der Waals surface area contributed by atoms with Crippen LogP contribution in [-0.4, -0.2) is 32.9 Å². The summed E-state index contributed by atoms with van der Waals surface area (Å²) in [4.78, 5) is 15.6. The molecule has 1 heterocycles. The van der Waals surface area contributed by atoms with Crippen molar-refractivity contribution in [3.05, 3.63) is 53.2 Å². The van der Waals surface area contributed by atoms with Crippen LogP contribution in [0.3, 0.4) is 0 Å². The highest BCUT2D eigenvalue weighted by Gasteiger charge is 2.12. The predicted molar refractivity (Wildman–Crippen MR) is 84.7 cm³/mol. The van der Waals surface area contributed by atoms with Gasteiger partial charge in [-0.3, -0.25) is 5.10 Å². The van der Waals surface area contributed by atoms with Crippen molar-refractivity contribution < 1.29 is 14.6 Å². The number of carboxylic acid groups (broad SMARTS) is 1. The molecule has 6 nitrogen and oxygen atoms in total. The summed E-state index contributed by atoms with van der Waals surface area (Å²) in [5, 5.41) is 16.3. The number of H-pyrrole nitrogens is 1. The number of ether oxygens (including phenoxy) is 1.